The number of hydrogen-bond acceptors (Lipinski definition) is 2. The van der Waals surface area contributed by atoms with Crippen LogP contribution >= 0.6 is 15.9 Å². The summed E-state index contributed by atoms with van der Waals surface area (Å²) in [5.74, 6) is 0. The first kappa shape index (κ1) is 13.2. The second kappa shape index (κ2) is 4.96. The Kier molecular flexibility index (Phi) is 3.27. The van der Waals surface area contributed by atoms with E-state index in [2.05, 4.69) is 58.5 Å². The molecule has 0 saturated carbocycles. The third kappa shape index (κ3) is 2.21. The first-order chi connectivity index (χ1) is 9.63. The fourth-order valence-electron chi connectivity index (χ4n) is 2.89. The average molecular weight is 327 g/mol. The van der Waals surface area contributed by atoms with Crippen LogP contribution < -0.4 is 5.32 Å². The van der Waals surface area contributed by atoms with Crippen molar-refractivity contribution in [2.75, 3.05) is 5.32 Å². The molecule has 0 spiro atoms. The van der Waals surface area contributed by atoms with Gasteiger partial charge in [-0.15, -0.1) is 0 Å². The Labute approximate surface area is 127 Å². The van der Waals surface area contributed by atoms with E-state index >= 15 is 0 Å². The Bertz CT molecular complexity index is 702. The number of rotatable bonds is 2. The maximum atomic E-state index is 9.74. The van der Waals surface area contributed by atoms with Gasteiger partial charge in [0.05, 0.1) is 6.07 Å². The number of nitrogens with zero attached hydrogens (tertiary/aromatic N) is 1. The molecule has 1 aliphatic carbocycles. The number of hydrogen-bond donors (Lipinski definition) is 1. The smallest absolute Gasteiger partial charge is 0.151 e. The predicted octanol–water partition coefficient (Wildman–Crippen LogP) is 4.53. The van der Waals surface area contributed by atoms with Gasteiger partial charge in [0.1, 0.15) is 0 Å². The van der Waals surface area contributed by atoms with E-state index in [0.29, 0.717) is 0 Å². The molecule has 0 aliphatic heterocycles. The van der Waals surface area contributed by atoms with Gasteiger partial charge < -0.3 is 5.32 Å². The summed E-state index contributed by atoms with van der Waals surface area (Å²) in [6, 6.07) is 16.8. The zero-order chi connectivity index (χ0) is 14.2. The third-order valence-electron chi connectivity index (χ3n) is 3.86. The van der Waals surface area contributed by atoms with Gasteiger partial charge >= 0.3 is 0 Å². The normalized spacial score (nSPS) is 20.2. The van der Waals surface area contributed by atoms with Gasteiger partial charge in [-0.05, 0) is 60.7 Å². The molecule has 0 bridgehead atoms. The molecule has 1 unspecified atom stereocenters. The molecule has 100 valence electrons. The molecule has 3 rings (SSSR count). The molecule has 1 aliphatic rings. The van der Waals surface area contributed by atoms with Gasteiger partial charge in [-0.2, -0.15) is 5.26 Å². The summed E-state index contributed by atoms with van der Waals surface area (Å²) in [4.78, 5) is 0. The number of nitriles is 1. The van der Waals surface area contributed by atoms with E-state index in [1.165, 1.54) is 11.1 Å². The van der Waals surface area contributed by atoms with Crippen LogP contribution in [0, 0.1) is 18.3 Å². The molecule has 3 heteroatoms. The van der Waals surface area contributed by atoms with Crippen molar-refractivity contribution in [3.8, 4) is 6.07 Å². The van der Waals surface area contributed by atoms with Crippen LogP contribution in [0.2, 0.25) is 0 Å². The van der Waals surface area contributed by atoms with Crippen molar-refractivity contribution in [2.45, 2.75) is 25.3 Å². The molecule has 0 saturated heterocycles. The average Bonchev–Trinajstić information content (AvgIpc) is 2.77. The highest BCUT2D eigenvalue weighted by molar-refractivity contribution is 9.10. The SMILES string of the molecule is Cc1cccc(NC2(C#N)CCc3cc(Br)ccc32)c1. The fourth-order valence-corrected chi connectivity index (χ4v) is 3.29. The highest BCUT2D eigenvalue weighted by Gasteiger charge is 2.39. The topological polar surface area (TPSA) is 35.8 Å². The maximum Gasteiger partial charge on any atom is 0.151 e. The molecule has 0 aromatic heterocycles. The number of halogens is 1. The number of aryl methyl sites for hydroxylation is 2. The molecule has 1 atom stereocenters. The molecule has 0 fully saturated rings. The van der Waals surface area contributed by atoms with Crippen molar-refractivity contribution in [1.82, 2.24) is 0 Å². The van der Waals surface area contributed by atoms with E-state index in [4.69, 9.17) is 0 Å². The lowest BCUT2D eigenvalue weighted by atomic mass is 9.93. The largest absolute Gasteiger partial charge is 0.364 e. The van der Waals surface area contributed by atoms with Gasteiger partial charge in [0.2, 0.25) is 0 Å². The minimum atomic E-state index is -0.607. The first-order valence-corrected chi connectivity index (χ1v) is 7.47. The van der Waals surface area contributed by atoms with Crippen LogP contribution in [0.25, 0.3) is 0 Å². The first-order valence-electron chi connectivity index (χ1n) is 6.68. The number of fused-ring (bicyclic) bond motifs is 1. The van der Waals surface area contributed by atoms with Gasteiger partial charge in [0, 0.05) is 10.2 Å². The van der Waals surface area contributed by atoms with E-state index in [0.717, 1.165) is 28.6 Å². The molecular formula is C17H15BrN2. The molecule has 0 heterocycles. The lowest BCUT2D eigenvalue weighted by Gasteiger charge is -2.25. The summed E-state index contributed by atoms with van der Waals surface area (Å²) < 4.78 is 1.07. The van der Waals surface area contributed by atoms with Crippen LogP contribution in [0.15, 0.2) is 46.9 Å². The number of nitrogens with one attached hydrogen (secondary N) is 1. The molecule has 2 nitrogen and oxygen atoms in total. The van der Waals surface area contributed by atoms with Gasteiger partial charge in [0.25, 0.3) is 0 Å². The van der Waals surface area contributed by atoms with Crippen LogP contribution in [0.1, 0.15) is 23.1 Å². The van der Waals surface area contributed by atoms with E-state index in [9.17, 15) is 5.26 Å². The number of anilines is 1. The minimum Gasteiger partial charge on any atom is -0.364 e. The van der Waals surface area contributed by atoms with E-state index < -0.39 is 5.54 Å². The van der Waals surface area contributed by atoms with Crippen molar-refractivity contribution in [1.29, 1.82) is 5.26 Å². The quantitative estimate of drug-likeness (QED) is 0.879. The zero-order valence-electron chi connectivity index (χ0n) is 11.3. The Morgan fingerprint density at radius 2 is 2.10 bits per heavy atom. The highest BCUT2D eigenvalue weighted by Crippen LogP contribution is 2.40. The Morgan fingerprint density at radius 1 is 1.25 bits per heavy atom. The van der Waals surface area contributed by atoms with Gasteiger partial charge in [-0.1, -0.05) is 34.1 Å². The molecule has 0 amide bonds. The zero-order valence-corrected chi connectivity index (χ0v) is 12.9. The highest BCUT2D eigenvalue weighted by atomic mass is 79.9. The van der Waals surface area contributed by atoms with Crippen molar-refractivity contribution in [3.05, 3.63) is 63.6 Å². The van der Waals surface area contributed by atoms with Crippen molar-refractivity contribution in [2.24, 2.45) is 0 Å². The molecular weight excluding hydrogens is 312 g/mol. The van der Waals surface area contributed by atoms with Crippen molar-refractivity contribution >= 4 is 21.6 Å². The second-order valence-corrected chi connectivity index (χ2v) is 6.23. The lowest BCUT2D eigenvalue weighted by molar-refractivity contribution is 0.621. The monoisotopic (exact) mass is 326 g/mol. The molecule has 0 radical (unpaired) electrons. The second-order valence-electron chi connectivity index (χ2n) is 5.31. The maximum absolute atomic E-state index is 9.74. The van der Waals surface area contributed by atoms with Crippen LogP contribution in [-0.2, 0) is 12.0 Å². The van der Waals surface area contributed by atoms with Gasteiger partial charge in [0.15, 0.2) is 5.54 Å². The Hall–Kier alpha value is -1.79. The summed E-state index contributed by atoms with van der Waals surface area (Å²) >= 11 is 3.50. The van der Waals surface area contributed by atoms with Gasteiger partial charge in [-0.25, -0.2) is 0 Å². The van der Waals surface area contributed by atoms with Crippen LogP contribution in [0.3, 0.4) is 0 Å². The van der Waals surface area contributed by atoms with Gasteiger partial charge in [-0.3, -0.25) is 0 Å². The van der Waals surface area contributed by atoms with Crippen LogP contribution in [0.5, 0.6) is 0 Å². The predicted molar refractivity (Wildman–Crippen MR) is 84.6 cm³/mol. The summed E-state index contributed by atoms with van der Waals surface area (Å²) in [5, 5.41) is 13.2. The molecule has 2 aromatic rings. The van der Waals surface area contributed by atoms with Crippen LogP contribution in [0.4, 0.5) is 5.69 Å². The van der Waals surface area contributed by atoms with Crippen molar-refractivity contribution in [3.63, 3.8) is 0 Å². The third-order valence-corrected chi connectivity index (χ3v) is 4.36. The minimum absolute atomic E-state index is 0.607. The Balaban J connectivity index is 2.01. The summed E-state index contributed by atoms with van der Waals surface area (Å²) in [6.45, 7) is 2.06. The standard InChI is InChI=1S/C17H15BrN2/c1-12-3-2-4-15(9-12)20-17(11-19)8-7-13-10-14(18)5-6-16(13)17/h2-6,9-10,20H,7-8H2,1H3. The summed E-state index contributed by atoms with van der Waals surface area (Å²) in [5.41, 5.74) is 3.94. The van der Waals surface area contributed by atoms with E-state index in [1.807, 2.05) is 18.2 Å². The Morgan fingerprint density at radius 3 is 2.85 bits per heavy atom. The van der Waals surface area contributed by atoms with Crippen molar-refractivity contribution < 1.29 is 0 Å². The van der Waals surface area contributed by atoms with E-state index in [-0.39, 0.29) is 0 Å². The van der Waals surface area contributed by atoms with E-state index in [1.54, 1.807) is 0 Å². The lowest BCUT2D eigenvalue weighted by Crippen LogP contribution is -2.31. The summed E-state index contributed by atoms with van der Waals surface area (Å²) in [7, 11) is 0. The fraction of sp³-hybridized carbons (Fsp3) is 0.235. The summed E-state index contributed by atoms with van der Waals surface area (Å²) in [6.07, 6.45) is 1.74. The molecule has 1 N–H and O–H groups in total. The molecule has 2 aromatic carbocycles. The number of benzene rings is 2. The molecule has 20 heavy (non-hydrogen) atoms. The van der Waals surface area contributed by atoms with Crippen LogP contribution in [-0.4, -0.2) is 0 Å².